The number of nitrogens with zero attached hydrogens (tertiary/aromatic N) is 3. The molecule has 0 saturated heterocycles. The predicted octanol–water partition coefficient (Wildman–Crippen LogP) is 3.69. The first-order valence-electron chi connectivity index (χ1n) is 6.97. The second-order valence-electron chi connectivity index (χ2n) is 5.81. The maximum Gasteiger partial charge on any atom is 0.0829 e. The highest BCUT2D eigenvalue weighted by Gasteiger charge is 2.03. The lowest BCUT2D eigenvalue weighted by Gasteiger charge is -2.04. The summed E-state index contributed by atoms with van der Waals surface area (Å²) < 4.78 is 1.99. The van der Waals surface area contributed by atoms with Crippen LogP contribution in [0.15, 0.2) is 6.20 Å². The Morgan fingerprint density at radius 2 is 1.82 bits per heavy atom. The molecule has 98 valence electrons. The smallest absolute Gasteiger partial charge is 0.0829 e. The van der Waals surface area contributed by atoms with Gasteiger partial charge in [0.2, 0.25) is 0 Å². The fraction of sp³-hybridized carbons (Fsp3) is 0.857. The summed E-state index contributed by atoms with van der Waals surface area (Å²) in [6.07, 6.45) is 8.34. The summed E-state index contributed by atoms with van der Waals surface area (Å²) in [5.74, 6) is 1.49. The van der Waals surface area contributed by atoms with Crippen LogP contribution < -0.4 is 0 Å². The molecule has 0 bridgehead atoms. The van der Waals surface area contributed by atoms with Crippen molar-refractivity contribution in [1.29, 1.82) is 0 Å². The molecule has 0 aromatic carbocycles. The summed E-state index contributed by atoms with van der Waals surface area (Å²) in [5.41, 5.74) is 1.13. The van der Waals surface area contributed by atoms with E-state index in [-0.39, 0.29) is 0 Å². The fourth-order valence-electron chi connectivity index (χ4n) is 1.96. The summed E-state index contributed by atoms with van der Waals surface area (Å²) in [6.45, 7) is 10.0. The van der Waals surface area contributed by atoms with E-state index in [9.17, 15) is 0 Å². The number of aromatic nitrogens is 3. The van der Waals surface area contributed by atoms with Crippen LogP contribution in [0.4, 0.5) is 0 Å². The maximum absolute atomic E-state index is 4.20. The molecule has 0 atom stereocenters. The van der Waals surface area contributed by atoms with Gasteiger partial charge in [0.25, 0.3) is 0 Å². The van der Waals surface area contributed by atoms with Crippen LogP contribution in [0.25, 0.3) is 0 Å². The minimum atomic E-state index is 0.659. The van der Waals surface area contributed by atoms with Crippen LogP contribution in [0.2, 0.25) is 0 Å². The molecule has 0 unspecified atom stereocenters. The fourth-order valence-corrected chi connectivity index (χ4v) is 1.96. The van der Waals surface area contributed by atoms with Gasteiger partial charge >= 0.3 is 0 Å². The quantitative estimate of drug-likeness (QED) is 0.646. The standard InChI is InChI=1S/C14H27N3/c1-12(2)8-6-5-7-9-17-11-14(15-16-17)10-13(3)4/h11-13H,5-10H2,1-4H3. The van der Waals surface area contributed by atoms with Gasteiger partial charge in [-0.3, -0.25) is 4.68 Å². The van der Waals surface area contributed by atoms with Crippen molar-refractivity contribution in [2.75, 3.05) is 0 Å². The van der Waals surface area contributed by atoms with Crippen LogP contribution in [-0.4, -0.2) is 15.0 Å². The Labute approximate surface area is 106 Å². The van der Waals surface area contributed by atoms with E-state index in [0.29, 0.717) is 5.92 Å². The SMILES string of the molecule is CC(C)CCCCCn1cc(CC(C)C)nn1. The van der Waals surface area contributed by atoms with Gasteiger partial charge in [0.15, 0.2) is 0 Å². The van der Waals surface area contributed by atoms with Crippen LogP contribution in [0, 0.1) is 11.8 Å². The molecule has 3 nitrogen and oxygen atoms in total. The van der Waals surface area contributed by atoms with Gasteiger partial charge in [0.05, 0.1) is 5.69 Å². The first-order valence-corrected chi connectivity index (χ1v) is 6.97. The van der Waals surface area contributed by atoms with E-state index in [1.807, 2.05) is 4.68 Å². The first kappa shape index (κ1) is 14.2. The summed E-state index contributed by atoms with van der Waals surface area (Å²) in [5, 5.41) is 8.37. The predicted molar refractivity (Wildman–Crippen MR) is 71.9 cm³/mol. The molecule has 0 fully saturated rings. The van der Waals surface area contributed by atoms with E-state index in [1.54, 1.807) is 0 Å². The summed E-state index contributed by atoms with van der Waals surface area (Å²) in [6, 6.07) is 0. The van der Waals surface area contributed by atoms with Gasteiger partial charge in [-0.2, -0.15) is 0 Å². The van der Waals surface area contributed by atoms with Crippen molar-refractivity contribution in [1.82, 2.24) is 15.0 Å². The summed E-state index contributed by atoms with van der Waals surface area (Å²) in [4.78, 5) is 0. The van der Waals surface area contributed by atoms with Crippen molar-refractivity contribution in [2.45, 2.75) is 66.3 Å². The minimum Gasteiger partial charge on any atom is -0.252 e. The van der Waals surface area contributed by atoms with Crippen LogP contribution in [0.3, 0.4) is 0 Å². The van der Waals surface area contributed by atoms with E-state index in [1.165, 1.54) is 25.7 Å². The molecule has 17 heavy (non-hydrogen) atoms. The van der Waals surface area contributed by atoms with E-state index in [2.05, 4.69) is 44.2 Å². The Balaban J connectivity index is 2.16. The first-order chi connectivity index (χ1) is 8.08. The zero-order valence-corrected chi connectivity index (χ0v) is 11.8. The van der Waals surface area contributed by atoms with Crippen LogP contribution >= 0.6 is 0 Å². The van der Waals surface area contributed by atoms with Crippen molar-refractivity contribution >= 4 is 0 Å². The maximum atomic E-state index is 4.20. The average molecular weight is 237 g/mol. The van der Waals surface area contributed by atoms with Crippen molar-refractivity contribution < 1.29 is 0 Å². The van der Waals surface area contributed by atoms with Gasteiger partial charge in [0, 0.05) is 12.7 Å². The van der Waals surface area contributed by atoms with Gasteiger partial charge in [0.1, 0.15) is 0 Å². The summed E-state index contributed by atoms with van der Waals surface area (Å²) >= 11 is 0. The Morgan fingerprint density at radius 3 is 2.47 bits per heavy atom. The highest BCUT2D eigenvalue weighted by Crippen LogP contribution is 2.09. The Hall–Kier alpha value is -0.860. The van der Waals surface area contributed by atoms with Crippen molar-refractivity contribution in [3.63, 3.8) is 0 Å². The van der Waals surface area contributed by atoms with Gasteiger partial charge < -0.3 is 0 Å². The van der Waals surface area contributed by atoms with Gasteiger partial charge in [-0.15, -0.1) is 5.10 Å². The zero-order chi connectivity index (χ0) is 12.7. The number of rotatable bonds is 8. The van der Waals surface area contributed by atoms with Crippen LogP contribution in [0.5, 0.6) is 0 Å². The molecule has 0 radical (unpaired) electrons. The van der Waals surface area contributed by atoms with Crippen molar-refractivity contribution in [3.8, 4) is 0 Å². The third kappa shape index (κ3) is 6.44. The monoisotopic (exact) mass is 237 g/mol. The zero-order valence-electron chi connectivity index (χ0n) is 11.8. The van der Waals surface area contributed by atoms with Gasteiger partial charge in [-0.1, -0.05) is 52.2 Å². The lowest BCUT2D eigenvalue weighted by Crippen LogP contribution is -1.99. The summed E-state index contributed by atoms with van der Waals surface area (Å²) in [7, 11) is 0. The molecule has 3 heteroatoms. The molecule has 1 rings (SSSR count). The molecule has 1 aromatic heterocycles. The minimum absolute atomic E-state index is 0.659. The molecular formula is C14H27N3. The number of hydrogen-bond acceptors (Lipinski definition) is 2. The third-order valence-electron chi connectivity index (χ3n) is 2.87. The Bertz CT molecular complexity index is 302. The Kier molecular flexibility index (Phi) is 6.23. The highest BCUT2D eigenvalue weighted by atomic mass is 15.4. The second kappa shape index (κ2) is 7.46. The van der Waals surface area contributed by atoms with Gasteiger partial charge in [-0.05, 0) is 24.7 Å². The lowest BCUT2D eigenvalue weighted by atomic mass is 10.1. The molecule has 0 aliphatic heterocycles. The van der Waals surface area contributed by atoms with E-state index in [0.717, 1.165) is 24.6 Å². The van der Waals surface area contributed by atoms with E-state index >= 15 is 0 Å². The molecular weight excluding hydrogens is 210 g/mol. The molecule has 0 N–H and O–H groups in total. The van der Waals surface area contributed by atoms with E-state index < -0.39 is 0 Å². The van der Waals surface area contributed by atoms with Crippen molar-refractivity contribution in [3.05, 3.63) is 11.9 Å². The number of unbranched alkanes of at least 4 members (excludes halogenated alkanes) is 2. The van der Waals surface area contributed by atoms with Crippen molar-refractivity contribution in [2.24, 2.45) is 11.8 Å². The molecule has 1 aromatic rings. The molecule has 0 aliphatic carbocycles. The second-order valence-corrected chi connectivity index (χ2v) is 5.81. The van der Waals surface area contributed by atoms with Gasteiger partial charge in [-0.25, -0.2) is 0 Å². The molecule has 0 amide bonds. The molecule has 0 saturated carbocycles. The Morgan fingerprint density at radius 1 is 1.06 bits per heavy atom. The van der Waals surface area contributed by atoms with Crippen LogP contribution in [-0.2, 0) is 13.0 Å². The number of hydrogen-bond donors (Lipinski definition) is 0. The average Bonchev–Trinajstić information content (AvgIpc) is 2.63. The molecule has 0 aliphatic rings. The molecule has 1 heterocycles. The number of aryl methyl sites for hydroxylation is 1. The highest BCUT2D eigenvalue weighted by molar-refractivity contribution is 4.92. The van der Waals surface area contributed by atoms with Crippen LogP contribution in [0.1, 0.15) is 59.1 Å². The molecule has 0 spiro atoms. The normalized spacial score (nSPS) is 11.6. The lowest BCUT2D eigenvalue weighted by molar-refractivity contribution is 0.487. The topological polar surface area (TPSA) is 30.7 Å². The largest absolute Gasteiger partial charge is 0.252 e. The van der Waals surface area contributed by atoms with E-state index in [4.69, 9.17) is 0 Å². The third-order valence-corrected chi connectivity index (χ3v) is 2.87.